The van der Waals surface area contributed by atoms with Crippen LogP contribution >= 0.6 is 0 Å². The van der Waals surface area contributed by atoms with E-state index < -0.39 is 0 Å². The van der Waals surface area contributed by atoms with Crippen LogP contribution in [0.3, 0.4) is 0 Å². The standard InChI is InChI=1S/C12H18N2O2/c1-9(12(15)16-3)14(2)8-10-5-4-6-11(13)7-10/h4-7,9H,8,13H2,1-3H3. The van der Waals surface area contributed by atoms with Crippen LogP contribution in [0.25, 0.3) is 0 Å². The van der Waals surface area contributed by atoms with Crippen LogP contribution in [0, 0.1) is 0 Å². The smallest absolute Gasteiger partial charge is 0.322 e. The maximum absolute atomic E-state index is 11.3. The number of hydrogen-bond acceptors (Lipinski definition) is 4. The summed E-state index contributed by atoms with van der Waals surface area (Å²) in [6.07, 6.45) is 0. The molecule has 0 saturated heterocycles. The Labute approximate surface area is 96.0 Å². The molecule has 0 aliphatic rings. The number of benzene rings is 1. The van der Waals surface area contributed by atoms with Crippen LogP contribution in [0.1, 0.15) is 12.5 Å². The van der Waals surface area contributed by atoms with Crippen molar-refractivity contribution in [2.45, 2.75) is 19.5 Å². The highest BCUT2D eigenvalue weighted by Gasteiger charge is 2.18. The molecule has 0 spiro atoms. The summed E-state index contributed by atoms with van der Waals surface area (Å²) in [6, 6.07) is 7.37. The summed E-state index contributed by atoms with van der Waals surface area (Å²) in [5.41, 5.74) is 7.50. The van der Waals surface area contributed by atoms with Gasteiger partial charge < -0.3 is 10.5 Å². The van der Waals surface area contributed by atoms with Gasteiger partial charge in [0.1, 0.15) is 6.04 Å². The Morgan fingerprint density at radius 2 is 2.25 bits per heavy atom. The molecule has 0 aliphatic carbocycles. The van der Waals surface area contributed by atoms with E-state index in [4.69, 9.17) is 5.73 Å². The first-order chi connectivity index (χ1) is 7.54. The molecule has 16 heavy (non-hydrogen) atoms. The van der Waals surface area contributed by atoms with Gasteiger partial charge in [-0.15, -0.1) is 0 Å². The van der Waals surface area contributed by atoms with Crippen LogP contribution in [-0.4, -0.2) is 31.1 Å². The normalized spacial score (nSPS) is 12.5. The fourth-order valence-electron chi connectivity index (χ4n) is 1.47. The lowest BCUT2D eigenvalue weighted by molar-refractivity contribution is -0.145. The molecule has 0 bridgehead atoms. The number of nitrogen functional groups attached to an aromatic ring is 1. The van der Waals surface area contributed by atoms with Crippen molar-refractivity contribution in [3.8, 4) is 0 Å². The highest BCUT2D eigenvalue weighted by molar-refractivity contribution is 5.75. The van der Waals surface area contributed by atoms with Crippen LogP contribution in [0.15, 0.2) is 24.3 Å². The first kappa shape index (κ1) is 12.5. The average molecular weight is 222 g/mol. The largest absolute Gasteiger partial charge is 0.468 e. The molecule has 88 valence electrons. The van der Waals surface area contributed by atoms with Gasteiger partial charge in [-0.25, -0.2) is 0 Å². The molecule has 1 aromatic rings. The van der Waals surface area contributed by atoms with Crippen molar-refractivity contribution in [1.29, 1.82) is 0 Å². The monoisotopic (exact) mass is 222 g/mol. The number of esters is 1. The van der Waals surface area contributed by atoms with Gasteiger partial charge in [0.15, 0.2) is 0 Å². The van der Waals surface area contributed by atoms with Gasteiger partial charge in [0.05, 0.1) is 7.11 Å². The minimum Gasteiger partial charge on any atom is -0.468 e. The number of carbonyl (C=O) groups excluding carboxylic acids is 1. The summed E-state index contributed by atoms with van der Waals surface area (Å²) in [5.74, 6) is -0.230. The second-order valence-corrected chi connectivity index (χ2v) is 3.86. The van der Waals surface area contributed by atoms with Crippen molar-refractivity contribution in [1.82, 2.24) is 4.90 Å². The fourth-order valence-corrected chi connectivity index (χ4v) is 1.47. The van der Waals surface area contributed by atoms with Gasteiger partial charge in [0.25, 0.3) is 0 Å². The van der Waals surface area contributed by atoms with E-state index in [0.717, 1.165) is 11.3 Å². The highest BCUT2D eigenvalue weighted by Crippen LogP contribution is 2.10. The highest BCUT2D eigenvalue weighted by atomic mass is 16.5. The quantitative estimate of drug-likeness (QED) is 0.615. The summed E-state index contributed by atoms with van der Waals surface area (Å²) in [6.45, 7) is 2.49. The topological polar surface area (TPSA) is 55.6 Å². The number of nitrogens with zero attached hydrogens (tertiary/aromatic N) is 1. The SMILES string of the molecule is COC(=O)C(C)N(C)Cc1cccc(N)c1. The van der Waals surface area contributed by atoms with E-state index in [-0.39, 0.29) is 12.0 Å². The molecule has 0 saturated carbocycles. The molecular weight excluding hydrogens is 204 g/mol. The van der Waals surface area contributed by atoms with E-state index in [1.807, 2.05) is 43.1 Å². The maximum Gasteiger partial charge on any atom is 0.322 e. The summed E-state index contributed by atoms with van der Waals surface area (Å²) in [7, 11) is 3.28. The third-order valence-corrected chi connectivity index (χ3v) is 2.59. The molecule has 0 aromatic heterocycles. The molecule has 2 N–H and O–H groups in total. The van der Waals surface area contributed by atoms with Gasteiger partial charge in [-0.1, -0.05) is 12.1 Å². The number of rotatable bonds is 4. The van der Waals surface area contributed by atoms with Crippen LogP contribution < -0.4 is 5.73 Å². The second-order valence-electron chi connectivity index (χ2n) is 3.86. The summed E-state index contributed by atoms with van der Waals surface area (Å²) < 4.78 is 4.69. The number of ether oxygens (including phenoxy) is 1. The van der Waals surface area contributed by atoms with E-state index in [0.29, 0.717) is 6.54 Å². The number of hydrogen-bond donors (Lipinski definition) is 1. The molecule has 1 rings (SSSR count). The van der Waals surface area contributed by atoms with Gasteiger partial charge in [0.2, 0.25) is 0 Å². The Morgan fingerprint density at radius 3 is 2.81 bits per heavy atom. The molecule has 1 unspecified atom stereocenters. The third kappa shape index (κ3) is 3.24. The fraction of sp³-hybridized carbons (Fsp3) is 0.417. The summed E-state index contributed by atoms with van der Waals surface area (Å²) in [5, 5.41) is 0. The van der Waals surface area contributed by atoms with Gasteiger partial charge in [-0.3, -0.25) is 9.69 Å². The Balaban J connectivity index is 2.64. The number of likely N-dealkylation sites (N-methyl/N-ethyl adjacent to an activating group) is 1. The van der Waals surface area contributed by atoms with Crippen molar-refractivity contribution >= 4 is 11.7 Å². The number of methoxy groups -OCH3 is 1. The zero-order valence-electron chi connectivity index (χ0n) is 9.93. The Kier molecular flexibility index (Phi) is 4.31. The van der Waals surface area contributed by atoms with Crippen LogP contribution in [0.5, 0.6) is 0 Å². The van der Waals surface area contributed by atoms with Gasteiger partial charge in [0, 0.05) is 12.2 Å². The Hall–Kier alpha value is -1.55. The van der Waals surface area contributed by atoms with Crippen molar-refractivity contribution < 1.29 is 9.53 Å². The van der Waals surface area contributed by atoms with Crippen molar-refractivity contribution in [2.24, 2.45) is 0 Å². The average Bonchev–Trinajstić information content (AvgIpc) is 2.27. The van der Waals surface area contributed by atoms with E-state index >= 15 is 0 Å². The molecule has 0 amide bonds. The lowest BCUT2D eigenvalue weighted by atomic mass is 10.1. The predicted molar refractivity (Wildman–Crippen MR) is 63.8 cm³/mol. The molecule has 1 atom stereocenters. The Morgan fingerprint density at radius 1 is 1.56 bits per heavy atom. The van der Waals surface area contributed by atoms with E-state index in [2.05, 4.69) is 4.74 Å². The van der Waals surface area contributed by atoms with E-state index in [9.17, 15) is 4.79 Å². The molecule has 0 fully saturated rings. The van der Waals surface area contributed by atoms with Gasteiger partial charge in [-0.2, -0.15) is 0 Å². The Bertz CT molecular complexity index is 366. The van der Waals surface area contributed by atoms with E-state index in [1.54, 1.807) is 0 Å². The zero-order valence-corrected chi connectivity index (χ0v) is 9.93. The number of anilines is 1. The molecular formula is C12H18N2O2. The summed E-state index contributed by atoms with van der Waals surface area (Å²) in [4.78, 5) is 13.2. The first-order valence-corrected chi connectivity index (χ1v) is 5.17. The van der Waals surface area contributed by atoms with Crippen LogP contribution in [0.2, 0.25) is 0 Å². The molecule has 0 radical (unpaired) electrons. The molecule has 0 heterocycles. The van der Waals surface area contributed by atoms with Gasteiger partial charge in [-0.05, 0) is 31.7 Å². The minimum atomic E-state index is -0.258. The van der Waals surface area contributed by atoms with Crippen LogP contribution in [0.4, 0.5) is 5.69 Å². The van der Waals surface area contributed by atoms with Crippen LogP contribution in [-0.2, 0) is 16.1 Å². The number of carbonyl (C=O) groups is 1. The van der Waals surface area contributed by atoms with Crippen molar-refractivity contribution in [3.05, 3.63) is 29.8 Å². The predicted octanol–water partition coefficient (Wildman–Crippen LogP) is 1.26. The summed E-state index contributed by atoms with van der Waals surface area (Å²) >= 11 is 0. The third-order valence-electron chi connectivity index (χ3n) is 2.59. The minimum absolute atomic E-state index is 0.230. The van der Waals surface area contributed by atoms with E-state index in [1.165, 1.54) is 7.11 Å². The van der Waals surface area contributed by atoms with Gasteiger partial charge >= 0.3 is 5.97 Å². The lowest BCUT2D eigenvalue weighted by Gasteiger charge is -2.22. The second kappa shape index (κ2) is 5.51. The number of nitrogens with two attached hydrogens (primary N) is 1. The molecule has 1 aromatic carbocycles. The molecule has 4 heteroatoms. The maximum atomic E-state index is 11.3. The zero-order chi connectivity index (χ0) is 12.1. The lowest BCUT2D eigenvalue weighted by Crippen LogP contribution is -2.36. The molecule has 4 nitrogen and oxygen atoms in total. The van der Waals surface area contributed by atoms with Crippen molar-refractivity contribution in [2.75, 3.05) is 19.9 Å². The van der Waals surface area contributed by atoms with Crippen molar-refractivity contribution in [3.63, 3.8) is 0 Å². The first-order valence-electron chi connectivity index (χ1n) is 5.17. The molecule has 0 aliphatic heterocycles.